The van der Waals surface area contributed by atoms with Gasteiger partial charge in [-0.25, -0.2) is 9.78 Å². The molecule has 0 unspecified atom stereocenters. The molecule has 1 N–H and O–H groups in total. The van der Waals surface area contributed by atoms with Gasteiger partial charge in [0.05, 0.1) is 0 Å². The summed E-state index contributed by atoms with van der Waals surface area (Å²) in [7, 11) is 0. The number of aromatic nitrogens is 1. The smallest absolute Gasteiger partial charge is 0.339 e. The first-order valence-corrected chi connectivity index (χ1v) is 6.89. The molecule has 0 fully saturated rings. The Hall–Kier alpha value is -1.40. The SMILES string of the molecule is Cc1cc(Br)cnc1Oc1cc(Br)ccc1C(=O)O. The number of aryl methyl sites for hydroxylation is 1. The van der Waals surface area contributed by atoms with Crippen molar-refractivity contribution in [1.82, 2.24) is 4.98 Å². The molecule has 1 aromatic heterocycles. The average molecular weight is 387 g/mol. The standard InChI is InChI=1S/C13H9Br2NO3/c1-7-4-9(15)6-16-12(7)19-11-5-8(14)2-3-10(11)13(17)18/h2-6H,1H3,(H,17,18). The predicted molar refractivity (Wildman–Crippen MR) is 77.8 cm³/mol. The van der Waals surface area contributed by atoms with E-state index in [1.165, 1.54) is 6.07 Å². The van der Waals surface area contributed by atoms with Crippen LogP contribution in [-0.4, -0.2) is 16.1 Å². The molecule has 0 amide bonds. The van der Waals surface area contributed by atoms with Crippen LogP contribution in [0.5, 0.6) is 11.6 Å². The highest BCUT2D eigenvalue weighted by molar-refractivity contribution is 9.10. The third-order valence-electron chi connectivity index (χ3n) is 2.38. The quantitative estimate of drug-likeness (QED) is 0.848. The minimum absolute atomic E-state index is 0.0901. The summed E-state index contributed by atoms with van der Waals surface area (Å²) in [5, 5.41) is 9.12. The van der Waals surface area contributed by atoms with Crippen molar-refractivity contribution in [1.29, 1.82) is 0 Å². The Balaban J connectivity index is 2.42. The van der Waals surface area contributed by atoms with Gasteiger partial charge in [0.2, 0.25) is 5.88 Å². The number of ether oxygens (including phenoxy) is 1. The van der Waals surface area contributed by atoms with Gasteiger partial charge in [0.15, 0.2) is 0 Å². The number of benzene rings is 1. The number of pyridine rings is 1. The minimum atomic E-state index is -1.04. The van der Waals surface area contributed by atoms with Crippen LogP contribution in [0, 0.1) is 6.92 Å². The molecule has 0 radical (unpaired) electrons. The second-order valence-corrected chi connectivity index (χ2v) is 5.65. The van der Waals surface area contributed by atoms with E-state index in [4.69, 9.17) is 9.84 Å². The summed E-state index contributed by atoms with van der Waals surface area (Å²) in [6.07, 6.45) is 1.60. The van der Waals surface area contributed by atoms with E-state index >= 15 is 0 Å². The van der Waals surface area contributed by atoms with Crippen LogP contribution in [0.3, 0.4) is 0 Å². The molecule has 2 aromatic rings. The number of carboxylic acid groups (broad SMARTS) is 1. The third kappa shape index (κ3) is 3.33. The zero-order valence-electron chi connectivity index (χ0n) is 9.85. The molecule has 0 saturated heterocycles. The highest BCUT2D eigenvalue weighted by Gasteiger charge is 2.14. The Kier molecular flexibility index (Phi) is 4.21. The average Bonchev–Trinajstić information content (AvgIpc) is 2.32. The zero-order valence-corrected chi connectivity index (χ0v) is 13.0. The van der Waals surface area contributed by atoms with Crippen LogP contribution in [0.15, 0.2) is 39.4 Å². The van der Waals surface area contributed by atoms with E-state index in [0.717, 1.165) is 14.5 Å². The van der Waals surface area contributed by atoms with E-state index in [0.29, 0.717) is 5.88 Å². The van der Waals surface area contributed by atoms with Gasteiger partial charge in [-0.05, 0) is 47.1 Å². The van der Waals surface area contributed by atoms with Gasteiger partial charge < -0.3 is 9.84 Å². The van der Waals surface area contributed by atoms with Gasteiger partial charge in [0.25, 0.3) is 0 Å². The molecule has 1 aromatic carbocycles. The Bertz CT molecular complexity index is 644. The molecule has 0 aliphatic rings. The lowest BCUT2D eigenvalue weighted by Gasteiger charge is -2.10. The topological polar surface area (TPSA) is 59.4 Å². The molecule has 4 nitrogen and oxygen atoms in total. The molecule has 6 heteroatoms. The summed E-state index contributed by atoms with van der Waals surface area (Å²) in [6, 6.07) is 6.58. The van der Waals surface area contributed by atoms with Crippen molar-refractivity contribution in [2.45, 2.75) is 6.92 Å². The maximum atomic E-state index is 11.1. The fraction of sp³-hybridized carbons (Fsp3) is 0.0769. The van der Waals surface area contributed by atoms with Crippen LogP contribution in [0.1, 0.15) is 15.9 Å². The summed E-state index contributed by atoms with van der Waals surface area (Å²) >= 11 is 6.60. The van der Waals surface area contributed by atoms with E-state index in [1.807, 2.05) is 13.0 Å². The van der Waals surface area contributed by atoms with Gasteiger partial charge in [-0.2, -0.15) is 0 Å². The predicted octanol–water partition coefficient (Wildman–Crippen LogP) is 4.41. The largest absolute Gasteiger partial charge is 0.478 e. The van der Waals surface area contributed by atoms with Crippen molar-refractivity contribution in [2.24, 2.45) is 0 Å². The Morgan fingerprint density at radius 2 is 2.00 bits per heavy atom. The number of carbonyl (C=O) groups is 1. The van der Waals surface area contributed by atoms with Gasteiger partial charge in [-0.3, -0.25) is 0 Å². The summed E-state index contributed by atoms with van der Waals surface area (Å²) < 4.78 is 7.17. The zero-order chi connectivity index (χ0) is 14.0. The highest BCUT2D eigenvalue weighted by atomic mass is 79.9. The van der Waals surface area contributed by atoms with Crippen LogP contribution in [0.4, 0.5) is 0 Å². The van der Waals surface area contributed by atoms with Gasteiger partial charge in [0, 0.05) is 20.7 Å². The molecular formula is C13H9Br2NO3. The van der Waals surface area contributed by atoms with Crippen molar-refractivity contribution in [3.05, 3.63) is 50.5 Å². The Labute approximate surface area is 126 Å². The molecule has 0 aliphatic heterocycles. The molecule has 0 saturated carbocycles. The van der Waals surface area contributed by atoms with E-state index in [2.05, 4.69) is 36.8 Å². The first kappa shape index (κ1) is 14.0. The van der Waals surface area contributed by atoms with Crippen molar-refractivity contribution in [2.75, 3.05) is 0 Å². The number of aromatic carboxylic acids is 1. The summed E-state index contributed by atoms with van der Waals surface area (Å²) in [6.45, 7) is 1.84. The van der Waals surface area contributed by atoms with Crippen LogP contribution in [0.2, 0.25) is 0 Å². The van der Waals surface area contributed by atoms with Crippen LogP contribution < -0.4 is 4.74 Å². The van der Waals surface area contributed by atoms with E-state index in [1.54, 1.807) is 18.3 Å². The number of nitrogens with zero attached hydrogens (tertiary/aromatic N) is 1. The van der Waals surface area contributed by atoms with Crippen molar-refractivity contribution in [3.8, 4) is 11.6 Å². The van der Waals surface area contributed by atoms with E-state index in [-0.39, 0.29) is 11.3 Å². The normalized spacial score (nSPS) is 10.3. The number of hydrogen-bond donors (Lipinski definition) is 1. The third-order valence-corrected chi connectivity index (χ3v) is 3.30. The number of rotatable bonds is 3. The van der Waals surface area contributed by atoms with Crippen LogP contribution in [-0.2, 0) is 0 Å². The fourth-order valence-corrected chi connectivity index (χ4v) is 2.28. The first-order chi connectivity index (χ1) is 8.97. The molecule has 1 heterocycles. The second-order valence-electron chi connectivity index (χ2n) is 3.82. The monoisotopic (exact) mass is 385 g/mol. The van der Waals surface area contributed by atoms with Crippen molar-refractivity contribution in [3.63, 3.8) is 0 Å². The van der Waals surface area contributed by atoms with Gasteiger partial charge >= 0.3 is 5.97 Å². The lowest BCUT2D eigenvalue weighted by molar-refractivity contribution is 0.0694. The van der Waals surface area contributed by atoms with Crippen molar-refractivity contribution < 1.29 is 14.6 Å². The summed E-state index contributed by atoms with van der Waals surface area (Å²) in [4.78, 5) is 15.3. The first-order valence-electron chi connectivity index (χ1n) is 5.30. The lowest BCUT2D eigenvalue weighted by atomic mass is 10.2. The molecular weight excluding hydrogens is 378 g/mol. The molecule has 0 aliphatic carbocycles. The lowest BCUT2D eigenvalue weighted by Crippen LogP contribution is -2.01. The molecule has 0 atom stereocenters. The fourth-order valence-electron chi connectivity index (χ4n) is 1.50. The summed E-state index contributed by atoms with van der Waals surface area (Å²) in [5.74, 6) is -0.416. The maximum Gasteiger partial charge on any atom is 0.339 e. The molecule has 19 heavy (non-hydrogen) atoms. The van der Waals surface area contributed by atoms with Gasteiger partial charge in [-0.1, -0.05) is 15.9 Å². The Morgan fingerprint density at radius 3 is 2.63 bits per heavy atom. The second kappa shape index (κ2) is 5.71. The number of carboxylic acids is 1. The minimum Gasteiger partial charge on any atom is -0.478 e. The molecule has 0 bridgehead atoms. The van der Waals surface area contributed by atoms with Crippen molar-refractivity contribution >= 4 is 37.8 Å². The molecule has 0 spiro atoms. The Morgan fingerprint density at radius 1 is 1.26 bits per heavy atom. The van der Waals surface area contributed by atoms with Gasteiger partial charge in [-0.15, -0.1) is 0 Å². The van der Waals surface area contributed by atoms with Crippen LogP contribution >= 0.6 is 31.9 Å². The van der Waals surface area contributed by atoms with Crippen LogP contribution in [0.25, 0.3) is 0 Å². The molecule has 2 rings (SSSR count). The highest BCUT2D eigenvalue weighted by Crippen LogP contribution is 2.30. The number of hydrogen-bond acceptors (Lipinski definition) is 3. The van der Waals surface area contributed by atoms with E-state index < -0.39 is 5.97 Å². The van der Waals surface area contributed by atoms with E-state index in [9.17, 15) is 4.79 Å². The number of halogens is 2. The van der Waals surface area contributed by atoms with Gasteiger partial charge in [0.1, 0.15) is 11.3 Å². The molecule has 98 valence electrons. The maximum absolute atomic E-state index is 11.1. The summed E-state index contributed by atoms with van der Waals surface area (Å²) in [5.41, 5.74) is 0.901.